The van der Waals surface area contributed by atoms with Gasteiger partial charge in [0.2, 0.25) is 5.88 Å². The van der Waals surface area contributed by atoms with Gasteiger partial charge < -0.3 is 20.1 Å². The van der Waals surface area contributed by atoms with Gasteiger partial charge in [0.1, 0.15) is 5.75 Å². The number of rotatable bonds is 10. The van der Waals surface area contributed by atoms with Crippen molar-refractivity contribution in [2.24, 2.45) is 10.9 Å². The lowest BCUT2D eigenvalue weighted by Crippen LogP contribution is -2.37. The van der Waals surface area contributed by atoms with Gasteiger partial charge >= 0.3 is 0 Å². The minimum atomic E-state index is 0.663. The summed E-state index contributed by atoms with van der Waals surface area (Å²) in [5.41, 5.74) is 1.09. The molecule has 1 heterocycles. The molecule has 1 saturated carbocycles. The van der Waals surface area contributed by atoms with Gasteiger partial charge in [-0.2, -0.15) is 0 Å². The highest BCUT2D eigenvalue weighted by Gasteiger charge is 2.21. The molecule has 1 aromatic carbocycles. The van der Waals surface area contributed by atoms with Crippen LogP contribution in [0.1, 0.15) is 24.8 Å². The molecular formula is C21H28N4O2. The number of aromatic nitrogens is 1. The predicted octanol–water partition coefficient (Wildman–Crippen LogP) is 3.00. The standard InChI is InChI=1S/C21H28N4O2/c1-22-21(23-12-5-13-26-19-6-3-2-4-7-19)25-15-18-10-11-20(24-14-18)27-16-17-8-9-17/h2-4,6-7,10-11,14,17H,5,8-9,12-13,15-16H2,1H3,(H2,22,23,25). The number of para-hydroxylation sites is 1. The number of guanidine groups is 1. The van der Waals surface area contributed by atoms with Crippen molar-refractivity contribution < 1.29 is 9.47 Å². The Labute approximate surface area is 161 Å². The van der Waals surface area contributed by atoms with Gasteiger partial charge in [-0.1, -0.05) is 24.3 Å². The normalized spacial score (nSPS) is 13.9. The van der Waals surface area contributed by atoms with E-state index in [1.807, 2.05) is 48.7 Å². The summed E-state index contributed by atoms with van der Waals surface area (Å²) in [5, 5.41) is 6.58. The number of nitrogens with one attached hydrogen (secondary N) is 2. The largest absolute Gasteiger partial charge is 0.494 e. The maximum atomic E-state index is 5.68. The molecule has 0 atom stereocenters. The van der Waals surface area contributed by atoms with Crippen molar-refractivity contribution in [3.63, 3.8) is 0 Å². The van der Waals surface area contributed by atoms with Crippen LogP contribution in [0.5, 0.6) is 11.6 Å². The lowest BCUT2D eigenvalue weighted by molar-refractivity contribution is 0.288. The smallest absolute Gasteiger partial charge is 0.213 e. The Morgan fingerprint density at radius 2 is 1.96 bits per heavy atom. The molecule has 3 rings (SSSR count). The molecule has 0 amide bonds. The first-order valence-corrected chi connectivity index (χ1v) is 9.53. The number of nitrogens with zero attached hydrogens (tertiary/aromatic N) is 2. The summed E-state index contributed by atoms with van der Waals surface area (Å²) in [6.45, 7) is 2.91. The molecule has 0 spiro atoms. The second kappa shape index (κ2) is 10.4. The topological polar surface area (TPSA) is 67.8 Å². The fraction of sp³-hybridized carbons (Fsp3) is 0.429. The van der Waals surface area contributed by atoms with E-state index in [1.165, 1.54) is 12.8 Å². The van der Waals surface area contributed by atoms with Crippen molar-refractivity contribution in [1.82, 2.24) is 15.6 Å². The molecule has 1 aliphatic carbocycles. The third-order valence-corrected chi connectivity index (χ3v) is 4.27. The summed E-state index contributed by atoms with van der Waals surface area (Å²) < 4.78 is 11.3. The summed E-state index contributed by atoms with van der Waals surface area (Å²) in [7, 11) is 1.77. The van der Waals surface area contributed by atoms with E-state index in [4.69, 9.17) is 9.47 Å². The lowest BCUT2D eigenvalue weighted by Gasteiger charge is -2.12. The molecule has 1 fully saturated rings. The van der Waals surface area contributed by atoms with E-state index in [9.17, 15) is 0 Å². The first-order valence-electron chi connectivity index (χ1n) is 9.53. The van der Waals surface area contributed by atoms with Crippen molar-refractivity contribution in [2.45, 2.75) is 25.8 Å². The van der Waals surface area contributed by atoms with Crippen molar-refractivity contribution in [3.8, 4) is 11.6 Å². The highest BCUT2D eigenvalue weighted by atomic mass is 16.5. The zero-order valence-electron chi connectivity index (χ0n) is 15.9. The van der Waals surface area contributed by atoms with E-state index in [1.54, 1.807) is 7.05 Å². The molecule has 6 heteroatoms. The monoisotopic (exact) mass is 368 g/mol. The summed E-state index contributed by atoms with van der Waals surface area (Å²) >= 11 is 0. The van der Waals surface area contributed by atoms with E-state index < -0.39 is 0 Å². The second-order valence-corrected chi connectivity index (χ2v) is 6.63. The fourth-order valence-corrected chi connectivity index (χ4v) is 2.48. The minimum Gasteiger partial charge on any atom is -0.494 e. The van der Waals surface area contributed by atoms with Crippen LogP contribution in [-0.2, 0) is 6.54 Å². The quantitative estimate of drug-likeness (QED) is 0.383. The number of aliphatic imine (C=N–C) groups is 1. The third-order valence-electron chi connectivity index (χ3n) is 4.27. The summed E-state index contributed by atoms with van der Waals surface area (Å²) in [6.07, 6.45) is 5.30. The first kappa shape index (κ1) is 19.0. The summed E-state index contributed by atoms with van der Waals surface area (Å²) in [6, 6.07) is 13.8. The van der Waals surface area contributed by atoms with Gasteiger partial charge in [0.05, 0.1) is 13.2 Å². The van der Waals surface area contributed by atoms with Gasteiger partial charge in [-0.3, -0.25) is 4.99 Å². The molecule has 0 bridgehead atoms. The van der Waals surface area contributed by atoms with Crippen LogP contribution >= 0.6 is 0 Å². The van der Waals surface area contributed by atoms with E-state index in [2.05, 4.69) is 20.6 Å². The Kier molecular flexibility index (Phi) is 7.33. The Balaban J connectivity index is 1.30. The summed E-state index contributed by atoms with van der Waals surface area (Å²) in [4.78, 5) is 8.60. The number of pyridine rings is 1. The molecular weight excluding hydrogens is 340 g/mol. The lowest BCUT2D eigenvalue weighted by atomic mass is 10.3. The number of hydrogen-bond donors (Lipinski definition) is 2. The van der Waals surface area contributed by atoms with Crippen LogP contribution in [-0.4, -0.2) is 37.7 Å². The molecule has 6 nitrogen and oxygen atoms in total. The molecule has 0 aliphatic heterocycles. The molecule has 144 valence electrons. The van der Waals surface area contributed by atoms with Crippen LogP contribution in [0, 0.1) is 5.92 Å². The molecule has 2 aromatic rings. The maximum absolute atomic E-state index is 5.68. The van der Waals surface area contributed by atoms with Gasteiger partial charge in [-0.05, 0) is 42.9 Å². The third kappa shape index (κ3) is 7.17. The van der Waals surface area contributed by atoms with Crippen molar-refractivity contribution >= 4 is 5.96 Å². The maximum Gasteiger partial charge on any atom is 0.213 e. The summed E-state index contributed by atoms with van der Waals surface area (Å²) in [5.74, 6) is 3.10. The van der Waals surface area contributed by atoms with Crippen molar-refractivity contribution in [2.75, 3.05) is 26.8 Å². The Morgan fingerprint density at radius 3 is 2.67 bits per heavy atom. The highest BCUT2D eigenvalue weighted by molar-refractivity contribution is 5.79. The van der Waals surface area contributed by atoms with Gasteiger partial charge in [0, 0.05) is 32.4 Å². The Morgan fingerprint density at radius 1 is 1.11 bits per heavy atom. The zero-order valence-corrected chi connectivity index (χ0v) is 15.9. The van der Waals surface area contributed by atoms with E-state index in [0.29, 0.717) is 19.0 Å². The minimum absolute atomic E-state index is 0.663. The Hall–Kier alpha value is -2.76. The van der Waals surface area contributed by atoms with Crippen LogP contribution in [0.15, 0.2) is 53.7 Å². The Bertz CT molecular complexity index is 700. The zero-order chi connectivity index (χ0) is 18.7. The average Bonchev–Trinajstić information content (AvgIpc) is 3.54. The predicted molar refractivity (Wildman–Crippen MR) is 107 cm³/mol. The number of benzene rings is 1. The highest BCUT2D eigenvalue weighted by Crippen LogP contribution is 2.29. The first-order chi connectivity index (χ1) is 13.3. The van der Waals surface area contributed by atoms with E-state index >= 15 is 0 Å². The number of hydrogen-bond acceptors (Lipinski definition) is 4. The molecule has 27 heavy (non-hydrogen) atoms. The van der Waals surface area contributed by atoms with Gasteiger partial charge in [0.15, 0.2) is 5.96 Å². The average molecular weight is 368 g/mol. The fourth-order valence-electron chi connectivity index (χ4n) is 2.48. The molecule has 0 unspecified atom stereocenters. The SMILES string of the molecule is CN=C(NCCCOc1ccccc1)NCc1ccc(OCC2CC2)nc1. The van der Waals surface area contributed by atoms with Crippen LogP contribution in [0.3, 0.4) is 0 Å². The van der Waals surface area contributed by atoms with E-state index in [-0.39, 0.29) is 0 Å². The number of ether oxygens (including phenoxy) is 2. The van der Waals surface area contributed by atoms with Crippen LogP contribution in [0.25, 0.3) is 0 Å². The van der Waals surface area contributed by atoms with Crippen molar-refractivity contribution in [3.05, 3.63) is 54.2 Å². The second-order valence-electron chi connectivity index (χ2n) is 6.63. The van der Waals surface area contributed by atoms with Crippen LogP contribution < -0.4 is 20.1 Å². The van der Waals surface area contributed by atoms with Gasteiger partial charge in [-0.15, -0.1) is 0 Å². The van der Waals surface area contributed by atoms with Crippen molar-refractivity contribution in [1.29, 1.82) is 0 Å². The van der Waals surface area contributed by atoms with Crippen LogP contribution in [0.4, 0.5) is 0 Å². The van der Waals surface area contributed by atoms with Gasteiger partial charge in [-0.25, -0.2) is 4.98 Å². The van der Waals surface area contributed by atoms with E-state index in [0.717, 1.165) is 42.8 Å². The molecule has 0 saturated heterocycles. The molecule has 2 N–H and O–H groups in total. The molecule has 1 aromatic heterocycles. The van der Waals surface area contributed by atoms with Crippen LogP contribution in [0.2, 0.25) is 0 Å². The molecule has 1 aliphatic rings. The molecule has 0 radical (unpaired) electrons. The van der Waals surface area contributed by atoms with Gasteiger partial charge in [0.25, 0.3) is 0 Å².